The van der Waals surface area contributed by atoms with Crippen molar-refractivity contribution in [2.75, 3.05) is 31.1 Å². The van der Waals surface area contributed by atoms with Gasteiger partial charge in [0.25, 0.3) is 0 Å². The summed E-state index contributed by atoms with van der Waals surface area (Å²) in [6.07, 6.45) is 4.61. The molecule has 2 fully saturated rings. The van der Waals surface area contributed by atoms with Gasteiger partial charge in [0.15, 0.2) is 0 Å². The third-order valence-corrected chi connectivity index (χ3v) is 4.53. The predicted octanol–water partition coefficient (Wildman–Crippen LogP) is 0.992. The van der Waals surface area contributed by atoms with Crippen LogP contribution in [0.25, 0.3) is 0 Å². The third kappa shape index (κ3) is 2.98. The van der Waals surface area contributed by atoms with E-state index in [-0.39, 0.29) is 5.82 Å². The summed E-state index contributed by atoms with van der Waals surface area (Å²) >= 11 is 0. The van der Waals surface area contributed by atoms with E-state index in [4.69, 9.17) is 5.73 Å². The Labute approximate surface area is 123 Å². The number of nitrogens with zero attached hydrogens (tertiary/aromatic N) is 4. The highest BCUT2D eigenvalue weighted by Crippen LogP contribution is 2.30. The molecule has 3 rings (SSSR count). The molecule has 3 heterocycles. The molecule has 2 N–H and O–H groups in total. The van der Waals surface area contributed by atoms with E-state index in [1.54, 1.807) is 12.1 Å². The van der Waals surface area contributed by atoms with Crippen LogP contribution in [0.5, 0.6) is 0 Å². The van der Waals surface area contributed by atoms with Crippen LogP contribution in [0, 0.1) is 10.1 Å². The summed E-state index contributed by atoms with van der Waals surface area (Å²) in [5.41, 5.74) is 6.58. The van der Waals surface area contributed by atoms with Crippen molar-refractivity contribution < 1.29 is 4.92 Å². The second-order valence-electron chi connectivity index (χ2n) is 5.87. The van der Waals surface area contributed by atoms with Gasteiger partial charge in [-0.05, 0) is 54.4 Å². The Morgan fingerprint density at radius 3 is 2.76 bits per heavy atom. The van der Waals surface area contributed by atoms with Crippen molar-refractivity contribution in [3.8, 4) is 0 Å². The Balaban J connectivity index is 1.68. The number of likely N-dealkylation sites (tertiary alicyclic amines) is 1. The number of hydrogen-bond acceptors (Lipinski definition) is 6. The average molecular weight is 291 g/mol. The first-order valence-corrected chi connectivity index (χ1v) is 7.49. The van der Waals surface area contributed by atoms with Gasteiger partial charge in [-0.3, -0.25) is 4.90 Å². The maximum absolute atomic E-state index is 11.1. The lowest BCUT2D eigenvalue weighted by Crippen LogP contribution is -2.46. The van der Waals surface area contributed by atoms with Gasteiger partial charge in [-0.2, -0.15) is 0 Å². The summed E-state index contributed by atoms with van der Waals surface area (Å²) in [4.78, 5) is 19.2. The largest absolute Gasteiger partial charge is 0.387 e. The van der Waals surface area contributed by atoms with Crippen LogP contribution in [0.2, 0.25) is 0 Å². The van der Waals surface area contributed by atoms with Crippen molar-refractivity contribution in [2.24, 2.45) is 5.73 Å². The lowest BCUT2D eigenvalue weighted by atomic mass is 10.0. The summed E-state index contributed by atoms with van der Waals surface area (Å²) < 4.78 is 0. The molecule has 0 aromatic carbocycles. The normalized spacial score (nSPS) is 24.4. The van der Waals surface area contributed by atoms with Crippen LogP contribution in [-0.4, -0.2) is 53.1 Å². The highest BCUT2D eigenvalue weighted by molar-refractivity contribution is 5.59. The minimum Gasteiger partial charge on any atom is -0.363 e. The maximum Gasteiger partial charge on any atom is 0.387 e. The smallest absolute Gasteiger partial charge is 0.363 e. The third-order valence-electron chi connectivity index (χ3n) is 4.53. The summed E-state index contributed by atoms with van der Waals surface area (Å²) in [7, 11) is 0. The van der Waals surface area contributed by atoms with Gasteiger partial charge in [0.2, 0.25) is 0 Å². The van der Waals surface area contributed by atoms with E-state index in [1.807, 2.05) is 0 Å². The molecule has 1 aromatic heterocycles. The zero-order valence-corrected chi connectivity index (χ0v) is 12.0. The molecule has 7 nitrogen and oxygen atoms in total. The van der Waals surface area contributed by atoms with Crippen molar-refractivity contribution >= 4 is 11.5 Å². The van der Waals surface area contributed by atoms with E-state index in [0.29, 0.717) is 17.8 Å². The van der Waals surface area contributed by atoms with E-state index in [9.17, 15) is 10.1 Å². The number of piperidine rings is 1. The molecule has 0 spiro atoms. The topological polar surface area (TPSA) is 88.5 Å². The minimum absolute atomic E-state index is 0.0428. The number of pyridine rings is 1. The molecule has 114 valence electrons. The standard InChI is InChI=1S/C14H21N5O2/c15-11-3-7-17(8-4-11)12-5-9-18(10-12)13-2-1-6-16-14(13)19(20)21/h1-2,6,11-12H,3-5,7-10,15H2. The van der Waals surface area contributed by atoms with Crippen LogP contribution in [-0.2, 0) is 0 Å². The quantitative estimate of drug-likeness (QED) is 0.660. The molecule has 21 heavy (non-hydrogen) atoms. The fraction of sp³-hybridized carbons (Fsp3) is 0.643. The van der Waals surface area contributed by atoms with E-state index in [2.05, 4.69) is 14.8 Å². The molecule has 0 saturated carbocycles. The maximum atomic E-state index is 11.1. The van der Waals surface area contributed by atoms with E-state index in [1.165, 1.54) is 6.20 Å². The molecule has 0 amide bonds. The SMILES string of the molecule is NC1CCN(C2CCN(c3cccnc3[N+](=O)[O-])C2)CC1. The first kappa shape index (κ1) is 14.2. The zero-order valence-electron chi connectivity index (χ0n) is 12.0. The Kier molecular flexibility index (Phi) is 4.03. The molecule has 0 aliphatic carbocycles. The summed E-state index contributed by atoms with van der Waals surface area (Å²) in [6, 6.07) is 4.35. The van der Waals surface area contributed by atoms with Crippen LogP contribution < -0.4 is 10.6 Å². The fourth-order valence-electron chi connectivity index (χ4n) is 3.32. The van der Waals surface area contributed by atoms with Crippen molar-refractivity contribution in [3.63, 3.8) is 0 Å². The fourth-order valence-corrected chi connectivity index (χ4v) is 3.32. The number of nitro groups is 1. The van der Waals surface area contributed by atoms with Crippen LogP contribution >= 0.6 is 0 Å². The van der Waals surface area contributed by atoms with Crippen molar-refractivity contribution in [1.29, 1.82) is 0 Å². The van der Waals surface area contributed by atoms with Crippen molar-refractivity contribution in [2.45, 2.75) is 31.3 Å². The predicted molar refractivity (Wildman–Crippen MR) is 80.3 cm³/mol. The number of aromatic nitrogens is 1. The molecule has 1 unspecified atom stereocenters. The van der Waals surface area contributed by atoms with Crippen LogP contribution in [0.3, 0.4) is 0 Å². The van der Waals surface area contributed by atoms with Gasteiger partial charge in [0.05, 0.1) is 0 Å². The minimum atomic E-state index is -0.400. The summed E-state index contributed by atoms with van der Waals surface area (Å²) in [5, 5.41) is 11.1. The number of anilines is 1. The molecule has 2 saturated heterocycles. The first-order chi connectivity index (χ1) is 10.1. The van der Waals surface area contributed by atoms with Gasteiger partial charge in [-0.1, -0.05) is 0 Å². The number of rotatable bonds is 3. The van der Waals surface area contributed by atoms with E-state index >= 15 is 0 Å². The lowest BCUT2D eigenvalue weighted by Gasteiger charge is -2.34. The second-order valence-corrected chi connectivity index (χ2v) is 5.87. The summed E-state index contributed by atoms with van der Waals surface area (Å²) in [6.45, 7) is 3.76. The lowest BCUT2D eigenvalue weighted by molar-refractivity contribution is -0.388. The summed E-state index contributed by atoms with van der Waals surface area (Å²) in [5.74, 6) is -0.0428. The Morgan fingerprint density at radius 2 is 2.05 bits per heavy atom. The van der Waals surface area contributed by atoms with Gasteiger partial charge in [-0.15, -0.1) is 0 Å². The average Bonchev–Trinajstić information content (AvgIpc) is 2.97. The second kappa shape index (κ2) is 5.95. The Morgan fingerprint density at radius 1 is 1.29 bits per heavy atom. The first-order valence-electron chi connectivity index (χ1n) is 7.49. The molecular formula is C14H21N5O2. The van der Waals surface area contributed by atoms with Crippen LogP contribution in [0.15, 0.2) is 18.3 Å². The number of hydrogen-bond donors (Lipinski definition) is 1. The monoisotopic (exact) mass is 291 g/mol. The van der Waals surface area contributed by atoms with Gasteiger partial charge in [0.1, 0.15) is 11.9 Å². The van der Waals surface area contributed by atoms with Crippen LogP contribution in [0.1, 0.15) is 19.3 Å². The highest BCUT2D eigenvalue weighted by atomic mass is 16.6. The van der Waals surface area contributed by atoms with Gasteiger partial charge >= 0.3 is 5.82 Å². The molecule has 1 atom stereocenters. The van der Waals surface area contributed by atoms with E-state index in [0.717, 1.165) is 45.4 Å². The van der Waals surface area contributed by atoms with Gasteiger partial charge in [-0.25, -0.2) is 0 Å². The Bertz CT molecular complexity index is 516. The van der Waals surface area contributed by atoms with Gasteiger partial charge in [0, 0.05) is 25.2 Å². The Hall–Kier alpha value is -1.73. The molecule has 0 bridgehead atoms. The number of nitrogens with two attached hydrogens (primary N) is 1. The van der Waals surface area contributed by atoms with Crippen LogP contribution in [0.4, 0.5) is 11.5 Å². The van der Waals surface area contributed by atoms with E-state index < -0.39 is 4.92 Å². The molecule has 7 heteroatoms. The molecule has 2 aliphatic heterocycles. The molecule has 2 aliphatic rings. The molecule has 1 aromatic rings. The molecule has 0 radical (unpaired) electrons. The molecular weight excluding hydrogens is 270 g/mol. The highest BCUT2D eigenvalue weighted by Gasteiger charge is 2.32. The van der Waals surface area contributed by atoms with Crippen molar-refractivity contribution in [1.82, 2.24) is 9.88 Å². The zero-order chi connectivity index (χ0) is 14.8. The van der Waals surface area contributed by atoms with Crippen molar-refractivity contribution in [3.05, 3.63) is 28.4 Å². The van der Waals surface area contributed by atoms with Gasteiger partial charge < -0.3 is 20.7 Å².